The fraction of sp³-hybridized carbons (Fsp3) is 0.467. The fourth-order valence-electron chi connectivity index (χ4n) is 2.37. The summed E-state index contributed by atoms with van der Waals surface area (Å²) in [5.74, 6) is -1.05. The van der Waals surface area contributed by atoms with Crippen molar-refractivity contribution in [3.05, 3.63) is 23.8 Å². The number of carboxylic acid groups (broad SMARTS) is 1. The maximum Gasteiger partial charge on any atom is 0.337 e. The van der Waals surface area contributed by atoms with Gasteiger partial charge in [0.2, 0.25) is 5.91 Å². The second kappa shape index (κ2) is 7.08. The zero-order valence-electron chi connectivity index (χ0n) is 11.9. The first-order chi connectivity index (χ1) is 10.1. The van der Waals surface area contributed by atoms with Crippen LogP contribution in [0.15, 0.2) is 18.2 Å². The quantitative estimate of drug-likeness (QED) is 0.840. The maximum absolute atomic E-state index is 11.8. The van der Waals surface area contributed by atoms with Crippen LogP contribution in [-0.4, -0.2) is 36.8 Å². The molecule has 21 heavy (non-hydrogen) atoms. The number of methoxy groups -OCH3 is 1. The molecule has 0 spiro atoms. The number of nitrogens with one attached hydrogen (secondary N) is 1. The van der Waals surface area contributed by atoms with Crippen molar-refractivity contribution in [2.24, 2.45) is 0 Å². The van der Waals surface area contributed by atoms with Gasteiger partial charge in [-0.2, -0.15) is 0 Å². The third-order valence-electron chi connectivity index (χ3n) is 3.48. The molecule has 114 valence electrons. The van der Waals surface area contributed by atoms with E-state index in [-0.39, 0.29) is 29.9 Å². The van der Waals surface area contributed by atoms with Crippen LogP contribution in [0, 0.1) is 0 Å². The second-order valence-corrected chi connectivity index (χ2v) is 4.98. The first-order valence-corrected chi connectivity index (χ1v) is 6.93. The monoisotopic (exact) mass is 293 g/mol. The van der Waals surface area contributed by atoms with Gasteiger partial charge in [0.1, 0.15) is 12.4 Å². The summed E-state index contributed by atoms with van der Waals surface area (Å²) in [6.45, 7) is -0.0598. The lowest BCUT2D eigenvalue weighted by Gasteiger charge is -2.13. The first-order valence-electron chi connectivity index (χ1n) is 6.93. The van der Waals surface area contributed by atoms with Crippen molar-refractivity contribution < 1.29 is 24.2 Å². The Kier molecular flexibility index (Phi) is 5.16. The Hall–Kier alpha value is -2.08. The average Bonchev–Trinajstić information content (AvgIpc) is 2.98. The smallest absolute Gasteiger partial charge is 0.337 e. The fourth-order valence-corrected chi connectivity index (χ4v) is 2.37. The zero-order valence-corrected chi connectivity index (χ0v) is 11.9. The lowest BCUT2D eigenvalue weighted by Crippen LogP contribution is -2.23. The molecule has 0 bridgehead atoms. The van der Waals surface area contributed by atoms with E-state index < -0.39 is 5.97 Å². The molecule has 0 atom stereocenters. The summed E-state index contributed by atoms with van der Waals surface area (Å²) in [6, 6.07) is 4.48. The molecule has 0 aromatic heterocycles. The summed E-state index contributed by atoms with van der Waals surface area (Å²) >= 11 is 0. The molecule has 1 amide bonds. The van der Waals surface area contributed by atoms with Gasteiger partial charge in [-0.3, -0.25) is 4.79 Å². The van der Waals surface area contributed by atoms with E-state index in [9.17, 15) is 9.59 Å². The summed E-state index contributed by atoms with van der Waals surface area (Å²) in [4.78, 5) is 23.0. The molecule has 1 fully saturated rings. The molecule has 0 saturated heterocycles. The van der Waals surface area contributed by atoms with Gasteiger partial charge in [-0.1, -0.05) is 12.8 Å². The molecule has 1 saturated carbocycles. The Labute approximate surface area is 123 Å². The van der Waals surface area contributed by atoms with E-state index in [1.807, 2.05) is 0 Å². The van der Waals surface area contributed by atoms with Gasteiger partial charge in [-0.05, 0) is 31.0 Å². The van der Waals surface area contributed by atoms with Crippen LogP contribution in [0.4, 0.5) is 5.69 Å². The second-order valence-electron chi connectivity index (χ2n) is 4.98. The van der Waals surface area contributed by atoms with Crippen LogP contribution in [0.2, 0.25) is 0 Å². The Balaban J connectivity index is 1.97. The minimum atomic E-state index is -1.12. The Morgan fingerprint density at radius 2 is 2.05 bits per heavy atom. The number of rotatable bonds is 6. The highest BCUT2D eigenvalue weighted by Crippen LogP contribution is 2.23. The van der Waals surface area contributed by atoms with Crippen LogP contribution in [0.25, 0.3) is 0 Å². The molecule has 1 aromatic carbocycles. The molecule has 1 aliphatic rings. The van der Waals surface area contributed by atoms with Crippen LogP contribution >= 0.6 is 0 Å². The number of hydrogen-bond donors (Lipinski definition) is 2. The molecule has 1 aliphatic carbocycles. The van der Waals surface area contributed by atoms with E-state index in [0.717, 1.165) is 25.7 Å². The summed E-state index contributed by atoms with van der Waals surface area (Å²) in [5.41, 5.74) is 0.229. The highest BCUT2D eigenvalue weighted by atomic mass is 16.5. The van der Waals surface area contributed by atoms with Gasteiger partial charge in [0, 0.05) is 0 Å². The van der Waals surface area contributed by atoms with Gasteiger partial charge in [0.25, 0.3) is 0 Å². The summed E-state index contributed by atoms with van der Waals surface area (Å²) in [7, 11) is 1.45. The number of anilines is 1. The summed E-state index contributed by atoms with van der Waals surface area (Å²) < 4.78 is 10.5. The van der Waals surface area contributed by atoms with Gasteiger partial charge in [0.15, 0.2) is 0 Å². The highest BCUT2D eigenvalue weighted by Gasteiger charge is 2.18. The summed E-state index contributed by atoms with van der Waals surface area (Å²) in [6.07, 6.45) is 4.37. The van der Waals surface area contributed by atoms with Crippen molar-refractivity contribution in [2.45, 2.75) is 31.8 Å². The third-order valence-corrected chi connectivity index (χ3v) is 3.48. The number of carboxylic acids is 1. The zero-order chi connectivity index (χ0) is 15.2. The normalized spacial score (nSPS) is 14.9. The van der Waals surface area contributed by atoms with E-state index in [1.165, 1.54) is 19.2 Å². The molecule has 0 heterocycles. The van der Waals surface area contributed by atoms with E-state index in [4.69, 9.17) is 14.6 Å². The number of aromatic carboxylic acids is 1. The van der Waals surface area contributed by atoms with Gasteiger partial charge in [0.05, 0.1) is 24.5 Å². The standard InChI is InChI=1S/C15H19NO5/c1-20-11-6-7-13(12(8-11)15(18)19)16-14(17)9-21-10-4-2-3-5-10/h6-8,10H,2-5,9H2,1H3,(H,16,17)(H,18,19). The van der Waals surface area contributed by atoms with E-state index in [0.29, 0.717) is 5.75 Å². The van der Waals surface area contributed by atoms with Crippen LogP contribution in [0.3, 0.4) is 0 Å². The molecule has 2 N–H and O–H groups in total. The van der Waals surface area contributed by atoms with Crippen LogP contribution in [0.1, 0.15) is 36.0 Å². The SMILES string of the molecule is COc1ccc(NC(=O)COC2CCCC2)c(C(=O)O)c1. The average molecular weight is 293 g/mol. The molecule has 6 heteroatoms. The van der Waals surface area contributed by atoms with Crippen molar-refractivity contribution >= 4 is 17.6 Å². The molecule has 6 nitrogen and oxygen atoms in total. The van der Waals surface area contributed by atoms with Gasteiger partial charge in [-0.25, -0.2) is 4.79 Å². The lowest BCUT2D eigenvalue weighted by atomic mass is 10.1. The third kappa shape index (κ3) is 4.19. The van der Waals surface area contributed by atoms with Crippen LogP contribution in [0.5, 0.6) is 5.75 Å². The number of hydrogen-bond acceptors (Lipinski definition) is 4. The van der Waals surface area contributed by atoms with Gasteiger partial charge in [-0.15, -0.1) is 0 Å². The number of ether oxygens (including phenoxy) is 2. The maximum atomic E-state index is 11.8. The Bertz CT molecular complexity index is 523. The molecular formula is C15H19NO5. The minimum Gasteiger partial charge on any atom is -0.497 e. The van der Waals surface area contributed by atoms with Crippen molar-refractivity contribution in [3.63, 3.8) is 0 Å². The van der Waals surface area contributed by atoms with E-state index >= 15 is 0 Å². The Morgan fingerprint density at radius 3 is 2.67 bits per heavy atom. The van der Waals surface area contributed by atoms with E-state index in [1.54, 1.807) is 6.07 Å². The number of carbonyl (C=O) groups is 2. The van der Waals surface area contributed by atoms with Crippen molar-refractivity contribution in [2.75, 3.05) is 19.0 Å². The molecule has 2 rings (SSSR count). The van der Waals surface area contributed by atoms with Crippen LogP contribution < -0.4 is 10.1 Å². The Morgan fingerprint density at radius 1 is 1.33 bits per heavy atom. The first kappa shape index (κ1) is 15.3. The number of benzene rings is 1. The molecule has 0 radical (unpaired) electrons. The van der Waals surface area contributed by atoms with E-state index in [2.05, 4.69) is 5.32 Å². The van der Waals surface area contributed by atoms with Crippen molar-refractivity contribution in [1.29, 1.82) is 0 Å². The van der Waals surface area contributed by atoms with Gasteiger partial charge >= 0.3 is 5.97 Å². The summed E-state index contributed by atoms with van der Waals surface area (Å²) in [5, 5.41) is 11.7. The van der Waals surface area contributed by atoms with Crippen LogP contribution in [-0.2, 0) is 9.53 Å². The number of carbonyl (C=O) groups excluding carboxylic acids is 1. The topological polar surface area (TPSA) is 84.9 Å². The minimum absolute atomic E-state index is 0.0106. The predicted molar refractivity (Wildman–Crippen MR) is 76.8 cm³/mol. The molecule has 1 aromatic rings. The van der Waals surface area contributed by atoms with Gasteiger partial charge < -0.3 is 19.9 Å². The highest BCUT2D eigenvalue weighted by molar-refractivity contribution is 6.01. The molecule has 0 aliphatic heterocycles. The lowest BCUT2D eigenvalue weighted by molar-refractivity contribution is -0.122. The molecule has 0 unspecified atom stereocenters. The van der Waals surface area contributed by atoms with Crippen molar-refractivity contribution in [1.82, 2.24) is 0 Å². The largest absolute Gasteiger partial charge is 0.497 e. The number of amides is 1. The predicted octanol–water partition coefficient (Wildman–Crippen LogP) is 2.29. The molecular weight excluding hydrogens is 274 g/mol. The van der Waals surface area contributed by atoms with Crippen molar-refractivity contribution in [3.8, 4) is 5.75 Å².